The Balaban J connectivity index is 1.25. The molecule has 2 heterocycles. The molecule has 2 atom stereocenters. The third kappa shape index (κ3) is 6.71. The van der Waals surface area contributed by atoms with Crippen LogP contribution in [0, 0.1) is 5.82 Å². The van der Waals surface area contributed by atoms with Gasteiger partial charge in [0.05, 0.1) is 0 Å². The smallest absolute Gasteiger partial charge is 0.356 e. The van der Waals surface area contributed by atoms with E-state index < -0.39 is 41.1 Å². The van der Waals surface area contributed by atoms with Gasteiger partial charge >= 0.3 is 5.97 Å². The number of hydrogen-bond donors (Lipinski definition) is 1. The van der Waals surface area contributed by atoms with E-state index >= 15 is 0 Å². The summed E-state index contributed by atoms with van der Waals surface area (Å²) in [6.45, 7) is -0.411. The zero-order valence-corrected chi connectivity index (χ0v) is 24.8. The quantitative estimate of drug-likeness (QED) is 0.180. The minimum Gasteiger partial charge on any atom is -0.486 e. The van der Waals surface area contributed by atoms with Gasteiger partial charge in [-0.25, -0.2) is 9.18 Å². The maximum Gasteiger partial charge on any atom is 0.356 e. The highest BCUT2D eigenvalue weighted by Gasteiger charge is 2.54. The van der Waals surface area contributed by atoms with Crippen molar-refractivity contribution in [1.29, 1.82) is 0 Å². The number of nitrogens with zero attached hydrogens (tertiary/aromatic N) is 1. The minimum atomic E-state index is -0.863. The molecule has 2 aliphatic rings. The maximum absolute atomic E-state index is 14.3. The fraction of sp³-hybridized carbons (Fsp3) is 0.171. The normalized spacial score (nSPS) is 17.3. The molecular weight excluding hydrogens is 595 g/mol. The van der Waals surface area contributed by atoms with Crippen molar-refractivity contribution in [3.8, 4) is 11.5 Å². The fourth-order valence-corrected chi connectivity index (χ4v) is 6.46. The van der Waals surface area contributed by atoms with Crippen LogP contribution in [0.3, 0.4) is 0 Å². The predicted octanol–water partition coefficient (Wildman–Crippen LogP) is 5.27. The molecule has 1 fully saturated rings. The molecule has 0 spiro atoms. The summed E-state index contributed by atoms with van der Waals surface area (Å²) in [5.74, 6) is -1.36. The second kappa shape index (κ2) is 13.7. The summed E-state index contributed by atoms with van der Waals surface area (Å²) < 4.78 is 31.8. The van der Waals surface area contributed by atoms with Crippen LogP contribution < -0.4 is 14.8 Å². The number of rotatable bonds is 11. The topological polar surface area (TPSA) is 94.2 Å². The highest BCUT2D eigenvalue weighted by molar-refractivity contribution is 8.00. The summed E-state index contributed by atoms with van der Waals surface area (Å²) in [5, 5.41) is 2.19. The molecule has 45 heavy (non-hydrogen) atoms. The van der Waals surface area contributed by atoms with Crippen LogP contribution >= 0.6 is 11.8 Å². The number of amides is 2. The number of ether oxygens (including phenoxy) is 3. The van der Waals surface area contributed by atoms with Crippen molar-refractivity contribution >= 4 is 29.5 Å². The number of carbonyl (C=O) groups is 3. The van der Waals surface area contributed by atoms with Crippen LogP contribution in [0.1, 0.15) is 17.2 Å². The Morgan fingerprint density at radius 1 is 0.844 bits per heavy atom. The molecule has 0 aromatic heterocycles. The molecule has 4 aromatic carbocycles. The summed E-state index contributed by atoms with van der Waals surface area (Å²) in [4.78, 5) is 41.6. The summed E-state index contributed by atoms with van der Waals surface area (Å²) >= 11 is 1.37. The maximum atomic E-state index is 14.3. The molecule has 2 aliphatic heterocycles. The minimum absolute atomic E-state index is 0.0229. The second-order valence-electron chi connectivity index (χ2n) is 10.3. The summed E-state index contributed by atoms with van der Waals surface area (Å²) in [7, 11) is 0. The molecule has 1 saturated heterocycles. The number of hydrogen-bond acceptors (Lipinski definition) is 7. The van der Waals surface area contributed by atoms with Crippen LogP contribution in [0.25, 0.3) is 0 Å². The van der Waals surface area contributed by atoms with Gasteiger partial charge in [0.25, 0.3) is 11.8 Å². The highest BCUT2D eigenvalue weighted by atomic mass is 32.2. The Morgan fingerprint density at radius 2 is 1.44 bits per heavy atom. The lowest BCUT2D eigenvalue weighted by atomic mass is 10.0. The lowest BCUT2D eigenvalue weighted by Crippen LogP contribution is -2.71. The van der Waals surface area contributed by atoms with Crippen molar-refractivity contribution in [2.24, 2.45) is 0 Å². The molecule has 4 aromatic rings. The molecule has 2 amide bonds. The first-order chi connectivity index (χ1) is 22.0. The Labute approximate surface area is 263 Å². The van der Waals surface area contributed by atoms with Crippen molar-refractivity contribution in [1.82, 2.24) is 10.2 Å². The Morgan fingerprint density at radius 3 is 2.09 bits per heavy atom. The fourth-order valence-electron chi connectivity index (χ4n) is 5.14. The van der Waals surface area contributed by atoms with Crippen LogP contribution in [-0.4, -0.2) is 53.1 Å². The van der Waals surface area contributed by atoms with E-state index in [-0.39, 0.29) is 24.7 Å². The highest BCUT2D eigenvalue weighted by Crippen LogP contribution is 2.42. The van der Waals surface area contributed by atoms with Gasteiger partial charge in [0, 0.05) is 11.3 Å². The first-order valence-electron chi connectivity index (χ1n) is 14.3. The van der Waals surface area contributed by atoms with E-state index in [9.17, 15) is 18.8 Å². The molecule has 1 unspecified atom stereocenters. The number of nitrogens with one attached hydrogen (secondary N) is 1. The van der Waals surface area contributed by atoms with Crippen molar-refractivity contribution in [2.45, 2.75) is 17.5 Å². The van der Waals surface area contributed by atoms with Crippen molar-refractivity contribution < 1.29 is 33.0 Å². The van der Waals surface area contributed by atoms with Gasteiger partial charge in [-0.1, -0.05) is 91.0 Å². The van der Waals surface area contributed by atoms with Crippen LogP contribution in [0.2, 0.25) is 0 Å². The Bertz CT molecular complexity index is 1660. The number of thioether (sulfide) groups is 1. The molecule has 8 nitrogen and oxygen atoms in total. The molecule has 228 valence electrons. The molecule has 6 rings (SSSR count). The van der Waals surface area contributed by atoms with Gasteiger partial charge in [-0.3, -0.25) is 14.5 Å². The zero-order valence-electron chi connectivity index (χ0n) is 24.0. The van der Waals surface area contributed by atoms with Gasteiger partial charge in [0.1, 0.15) is 29.5 Å². The second-order valence-corrected chi connectivity index (χ2v) is 11.4. The van der Waals surface area contributed by atoms with E-state index in [1.807, 2.05) is 66.7 Å². The molecule has 1 N–H and O–H groups in total. The van der Waals surface area contributed by atoms with Gasteiger partial charge in [-0.2, -0.15) is 0 Å². The van der Waals surface area contributed by atoms with Gasteiger partial charge in [-0.15, -0.1) is 11.8 Å². The molecular formula is C35H29FN2O6S. The first kappa shape index (κ1) is 30.0. The summed E-state index contributed by atoms with van der Waals surface area (Å²) in [6.07, 6.45) is -0.754. The number of fused-ring (bicyclic) bond motifs is 1. The number of benzene rings is 4. The van der Waals surface area contributed by atoms with E-state index in [0.29, 0.717) is 17.1 Å². The first-order valence-corrected chi connectivity index (χ1v) is 15.4. The zero-order chi connectivity index (χ0) is 31.2. The summed E-state index contributed by atoms with van der Waals surface area (Å²) in [5.41, 5.74) is 2.00. The average Bonchev–Trinajstić information content (AvgIpc) is 3.09. The monoisotopic (exact) mass is 624 g/mol. The van der Waals surface area contributed by atoms with E-state index in [4.69, 9.17) is 14.2 Å². The molecule has 0 radical (unpaired) electrons. The third-order valence-corrected chi connectivity index (χ3v) is 8.68. The van der Waals surface area contributed by atoms with Gasteiger partial charge < -0.3 is 19.5 Å². The predicted molar refractivity (Wildman–Crippen MR) is 167 cm³/mol. The van der Waals surface area contributed by atoms with Crippen LogP contribution in [0.5, 0.6) is 11.5 Å². The van der Waals surface area contributed by atoms with E-state index in [1.165, 1.54) is 28.8 Å². The number of carbonyl (C=O) groups excluding carboxylic acids is 3. The number of β-lactam (4-membered cyclic amide) rings is 1. The van der Waals surface area contributed by atoms with Crippen molar-refractivity contribution in [3.05, 3.63) is 143 Å². The lowest BCUT2D eigenvalue weighted by molar-refractivity contribution is -0.155. The van der Waals surface area contributed by atoms with Crippen LogP contribution in [-0.2, 0) is 19.1 Å². The van der Waals surface area contributed by atoms with Crippen LogP contribution in [0.15, 0.2) is 127 Å². The van der Waals surface area contributed by atoms with Crippen LogP contribution in [0.4, 0.5) is 4.39 Å². The van der Waals surface area contributed by atoms with Gasteiger partial charge in [0.2, 0.25) is 0 Å². The van der Waals surface area contributed by atoms with E-state index in [0.717, 1.165) is 11.1 Å². The number of esters is 1. The molecule has 0 bridgehead atoms. The SMILES string of the molecule is O=C(COc1ccccc1)NC1C(=O)N2C(C(=O)OC(c3ccccc3)c3ccccc3)=C(COc3ccccc3F)CS[C@@H]12. The molecule has 0 aliphatic carbocycles. The Kier molecular flexibility index (Phi) is 9.11. The Hall–Kier alpha value is -5.09. The largest absolute Gasteiger partial charge is 0.486 e. The lowest BCUT2D eigenvalue weighted by Gasteiger charge is -2.49. The standard InChI is InChI=1S/C35H29FN2O6S/c36-27-18-10-11-19-28(27)43-20-25-22-45-34-30(37-29(39)21-42-26-16-8-3-9-17-26)33(40)38(34)31(25)35(41)44-32(23-12-4-1-5-13-23)24-14-6-2-7-15-24/h1-19,30,32,34H,20-22H2,(H,37,39)/t30?,34-/m0/s1. The van der Waals surface area contributed by atoms with E-state index in [1.54, 1.807) is 36.4 Å². The number of para-hydroxylation sites is 2. The van der Waals surface area contributed by atoms with Gasteiger partial charge in [0.15, 0.2) is 24.3 Å². The van der Waals surface area contributed by atoms with E-state index in [2.05, 4.69) is 5.32 Å². The summed E-state index contributed by atoms with van der Waals surface area (Å²) in [6, 6.07) is 32.6. The molecule has 0 saturated carbocycles. The average molecular weight is 625 g/mol. The molecule has 10 heteroatoms. The van der Waals surface area contributed by atoms with Crippen molar-refractivity contribution in [2.75, 3.05) is 19.0 Å². The van der Waals surface area contributed by atoms with Crippen molar-refractivity contribution in [3.63, 3.8) is 0 Å². The van der Waals surface area contributed by atoms with Gasteiger partial charge in [-0.05, 0) is 35.4 Å². The number of halogens is 1. The third-order valence-electron chi connectivity index (χ3n) is 7.34.